The van der Waals surface area contributed by atoms with E-state index in [1.807, 2.05) is 19.1 Å². The third-order valence-electron chi connectivity index (χ3n) is 5.11. The van der Waals surface area contributed by atoms with Gasteiger partial charge < -0.3 is 29.3 Å². The number of anilines is 2. The highest BCUT2D eigenvalue weighted by Crippen LogP contribution is 2.33. The highest BCUT2D eigenvalue weighted by Gasteiger charge is 2.23. The number of ether oxygens (including phenoxy) is 3. The number of para-hydroxylation sites is 1. The SMILES string of the molecule is COc1ccc(NC(=O)c2oc3ccccc3c2NC(=O)COc2ccc(C)cc2)c(OC)c1. The molecule has 0 radical (unpaired) electrons. The Morgan fingerprint density at radius 2 is 1.62 bits per heavy atom. The zero-order valence-electron chi connectivity index (χ0n) is 19.0. The van der Waals surface area contributed by atoms with Gasteiger partial charge in [-0.1, -0.05) is 29.8 Å². The Bertz CT molecular complexity index is 1330. The molecule has 0 aliphatic carbocycles. The van der Waals surface area contributed by atoms with Crippen LogP contribution in [0.3, 0.4) is 0 Å². The number of fused-ring (bicyclic) bond motifs is 1. The van der Waals surface area contributed by atoms with Gasteiger partial charge in [0, 0.05) is 11.5 Å². The molecule has 8 heteroatoms. The van der Waals surface area contributed by atoms with Gasteiger partial charge in [-0.25, -0.2) is 0 Å². The van der Waals surface area contributed by atoms with Crippen molar-refractivity contribution in [1.29, 1.82) is 0 Å². The first-order valence-electron chi connectivity index (χ1n) is 10.5. The van der Waals surface area contributed by atoms with Gasteiger partial charge in [0.25, 0.3) is 11.8 Å². The van der Waals surface area contributed by atoms with Gasteiger partial charge in [0.15, 0.2) is 6.61 Å². The van der Waals surface area contributed by atoms with Crippen LogP contribution in [0, 0.1) is 6.92 Å². The van der Waals surface area contributed by atoms with Gasteiger partial charge in [0.1, 0.15) is 28.5 Å². The van der Waals surface area contributed by atoms with Gasteiger partial charge in [-0.15, -0.1) is 0 Å². The molecule has 0 atom stereocenters. The molecule has 4 rings (SSSR count). The van der Waals surface area contributed by atoms with Gasteiger partial charge in [0.2, 0.25) is 5.76 Å². The normalized spacial score (nSPS) is 10.6. The Labute approximate surface area is 196 Å². The molecule has 3 aromatic carbocycles. The van der Waals surface area contributed by atoms with Crippen molar-refractivity contribution in [2.75, 3.05) is 31.5 Å². The van der Waals surface area contributed by atoms with Gasteiger partial charge in [-0.3, -0.25) is 9.59 Å². The molecule has 0 unspecified atom stereocenters. The molecule has 8 nitrogen and oxygen atoms in total. The van der Waals surface area contributed by atoms with E-state index in [9.17, 15) is 9.59 Å². The molecular formula is C26H24N2O6. The number of hydrogen-bond donors (Lipinski definition) is 2. The van der Waals surface area contributed by atoms with Gasteiger partial charge >= 0.3 is 0 Å². The van der Waals surface area contributed by atoms with E-state index in [0.717, 1.165) is 5.56 Å². The fourth-order valence-corrected chi connectivity index (χ4v) is 3.37. The zero-order valence-corrected chi connectivity index (χ0v) is 19.0. The minimum absolute atomic E-state index is 0.0391. The first kappa shape index (κ1) is 22.7. The Morgan fingerprint density at radius 1 is 0.882 bits per heavy atom. The standard InChI is InChI=1S/C26H24N2O6/c1-16-8-10-17(11-9-16)33-15-23(29)28-24-19-6-4-5-7-21(19)34-25(24)26(30)27-20-13-12-18(31-2)14-22(20)32-3/h4-14H,15H2,1-3H3,(H,27,30)(H,28,29). The molecule has 0 fully saturated rings. The fraction of sp³-hybridized carbons (Fsp3) is 0.154. The number of carbonyl (C=O) groups excluding carboxylic acids is 2. The topological polar surface area (TPSA) is 99.0 Å². The second-order valence-corrected chi connectivity index (χ2v) is 7.47. The highest BCUT2D eigenvalue weighted by atomic mass is 16.5. The second kappa shape index (κ2) is 9.99. The summed E-state index contributed by atoms with van der Waals surface area (Å²) >= 11 is 0. The van der Waals surface area contributed by atoms with Crippen molar-refractivity contribution in [3.63, 3.8) is 0 Å². The Morgan fingerprint density at radius 3 is 2.35 bits per heavy atom. The average molecular weight is 460 g/mol. The number of hydrogen-bond acceptors (Lipinski definition) is 6. The van der Waals surface area contributed by atoms with Gasteiger partial charge in [0.05, 0.1) is 19.9 Å². The molecule has 2 N–H and O–H groups in total. The van der Waals surface area contributed by atoms with Crippen LogP contribution in [0.15, 0.2) is 71.1 Å². The number of nitrogens with one attached hydrogen (secondary N) is 2. The average Bonchev–Trinajstić information content (AvgIpc) is 3.22. The fourth-order valence-electron chi connectivity index (χ4n) is 3.37. The summed E-state index contributed by atoms with van der Waals surface area (Å²) in [4.78, 5) is 25.8. The van der Waals surface area contributed by atoms with Crippen molar-refractivity contribution >= 4 is 34.2 Å². The van der Waals surface area contributed by atoms with E-state index in [1.54, 1.807) is 61.7 Å². The molecule has 0 aliphatic heterocycles. The number of carbonyl (C=O) groups is 2. The quantitative estimate of drug-likeness (QED) is 0.383. The van der Waals surface area contributed by atoms with Crippen molar-refractivity contribution in [3.8, 4) is 17.2 Å². The lowest BCUT2D eigenvalue weighted by molar-refractivity contribution is -0.118. The first-order valence-corrected chi connectivity index (χ1v) is 10.5. The Hall–Kier alpha value is -4.46. The smallest absolute Gasteiger partial charge is 0.293 e. The third kappa shape index (κ3) is 4.96. The van der Waals surface area contributed by atoms with Crippen LogP contribution >= 0.6 is 0 Å². The number of benzene rings is 3. The van der Waals surface area contributed by atoms with Crippen LogP contribution in [-0.2, 0) is 4.79 Å². The number of amides is 2. The molecule has 4 aromatic rings. The maximum absolute atomic E-state index is 13.1. The van der Waals surface area contributed by atoms with Crippen molar-refractivity contribution in [1.82, 2.24) is 0 Å². The number of rotatable bonds is 8. The predicted octanol–water partition coefficient (Wildman–Crippen LogP) is 5.03. The van der Waals surface area contributed by atoms with Crippen LogP contribution in [0.4, 0.5) is 11.4 Å². The van der Waals surface area contributed by atoms with Gasteiger partial charge in [-0.05, 0) is 43.3 Å². The van der Waals surface area contributed by atoms with Crippen LogP contribution in [0.5, 0.6) is 17.2 Å². The Balaban J connectivity index is 1.56. The molecule has 1 aromatic heterocycles. The van der Waals surface area contributed by atoms with Gasteiger partial charge in [-0.2, -0.15) is 0 Å². The molecule has 0 saturated carbocycles. The van der Waals surface area contributed by atoms with Crippen LogP contribution in [0.2, 0.25) is 0 Å². The molecule has 2 amide bonds. The van der Waals surface area contributed by atoms with E-state index in [-0.39, 0.29) is 18.1 Å². The minimum atomic E-state index is -0.547. The summed E-state index contributed by atoms with van der Waals surface area (Å²) in [5.74, 6) is 0.559. The van der Waals surface area contributed by atoms with E-state index >= 15 is 0 Å². The molecule has 0 spiro atoms. The summed E-state index contributed by atoms with van der Waals surface area (Å²) in [6.45, 7) is 1.74. The number of methoxy groups -OCH3 is 2. The minimum Gasteiger partial charge on any atom is -0.497 e. The van der Waals surface area contributed by atoms with Crippen molar-refractivity contribution in [2.24, 2.45) is 0 Å². The predicted molar refractivity (Wildman–Crippen MR) is 129 cm³/mol. The molecule has 1 heterocycles. The van der Waals surface area contributed by atoms with E-state index < -0.39 is 11.8 Å². The molecule has 0 aliphatic rings. The lowest BCUT2D eigenvalue weighted by atomic mass is 10.2. The maximum Gasteiger partial charge on any atom is 0.293 e. The largest absolute Gasteiger partial charge is 0.497 e. The Kier molecular flexibility index (Phi) is 6.68. The number of furan rings is 1. The molecule has 34 heavy (non-hydrogen) atoms. The zero-order chi connectivity index (χ0) is 24.1. The van der Waals surface area contributed by atoms with Crippen molar-refractivity contribution in [3.05, 3.63) is 78.1 Å². The highest BCUT2D eigenvalue weighted by molar-refractivity contribution is 6.15. The molecule has 0 bridgehead atoms. The molecule has 174 valence electrons. The first-order chi connectivity index (χ1) is 16.5. The van der Waals surface area contributed by atoms with Crippen LogP contribution < -0.4 is 24.8 Å². The summed E-state index contributed by atoms with van der Waals surface area (Å²) in [7, 11) is 3.03. The van der Waals surface area contributed by atoms with Crippen LogP contribution in [0.25, 0.3) is 11.0 Å². The van der Waals surface area contributed by atoms with E-state index in [4.69, 9.17) is 18.6 Å². The summed E-state index contributed by atoms with van der Waals surface area (Å²) in [6, 6.07) is 19.4. The summed E-state index contributed by atoms with van der Waals surface area (Å²) in [5, 5.41) is 6.13. The van der Waals surface area contributed by atoms with Crippen LogP contribution in [-0.4, -0.2) is 32.6 Å². The van der Waals surface area contributed by atoms with Crippen molar-refractivity contribution in [2.45, 2.75) is 6.92 Å². The molecule has 0 saturated heterocycles. The monoisotopic (exact) mass is 460 g/mol. The summed E-state index contributed by atoms with van der Waals surface area (Å²) < 4.78 is 21.9. The van der Waals surface area contributed by atoms with Crippen molar-refractivity contribution < 1.29 is 28.2 Å². The van der Waals surface area contributed by atoms with E-state index in [0.29, 0.717) is 33.9 Å². The second-order valence-electron chi connectivity index (χ2n) is 7.47. The summed E-state index contributed by atoms with van der Waals surface area (Å²) in [5.41, 5.74) is 2.24. The number of aryl methyl sites for hydroxylation is 1. The lowest BCUT2D eigenvalue weighted by Crippen LogP contribution is -2.22. The lowest BCUT2D eigenvalue weighted by Gasteiger charge is -2.12. The third-order valence-corrected chi connectivity index (χ3v) is 5.11. The van der Waals surface area contributed by atoms with Crippen LogP contribution in [0.1, 0.15) is 16.1 Å². The maximum atomic E-state index is 13.1. The van der Waals surface area contributed by atoms with E-state index in [1.165, 1.54) is 7.11 Å². The van der Waals surface area contributed by atoms with E-state index in [2.05, 4.69) is 10.6 Å². The summed E-state index contributed by atoms with van der Waals surface area (Å²) in [6.07, 6.45) is 0. The molecular weight excluding hydrogens is 436 g/mol.